The number of nitrogens with zero attached hydrogens (tertiary/aromatic N) is 2. The molecule has 1 N–H and O–H groups in total. The fourth-order valence-electron chi connectivity index (χ4n) is 4.11. The normalized spacial score (nSPS) is 13.2. The topological polar surface area (TPSA) is 64.0 Å². The molecule has 0 unspecified atom stereocenters. The Balaban J connectivity index is 1.59. The Kier molecular flexibility index (Phi) is 5.56. The lowest BCUT2D eigenvalue weighted by atomic mass is 9.92. The fourth-order valence-corrected chi connectivity index (χ4v) is 4.11. The highest BCUT2D eigenvalue weighted by atomic mass is 16.1. The number of carbonyl (C=O) groups is 2. The molecule has 0 spiro atoms. The predicted octanol–water partition coefficient (Wildman–Crippen LogP) is 3.62. The van der Waals surface area contributed by atoms with Gasteiger partial charge >= 0.3 is 0 Å². The number of hydrogen-bond acceptors (Lipinski definition) is 3. The van der Waals surface area contributed by atoms with E-state index < -0.39 is 0 Å². The molecule has 1 aliphatic carbocycles. The summed E-state index contributed by atoms with van der Waals surface area (Å²) >= 11 is 0. The molecule has 0 saturated carbocycles. The summed E-state index contributed by atoms with van der Waals surface area (Å²) < 4.78 is 2.23. The van der Waals surface area contributed by atoms with Gasteiger partial charge in [-0.3, -0.25) is 14.6 Å². The third-order valence-electron chi connectivity index (χ3n) is 5.61. The van der Waals surface area contributed by atoms with Gasteiger partial charge in [0.1, 0.15) is 0 Å². The van der Waals surface area contributed by atoms with E-state index >= 15 is 0 Å². The molecule has 0 saturated heterocycles. The molecule has 1 amide bonds. The van der Waals surface area contributed by atoms with Crippen LogP contribution in [0.5, 0.6) is 0 Å². The smallest absolute Gasteiger partial charge is 0.224 e. The summed E-state index contributed by atoms with van der Waals surface area (Å²) in [7, 11) is 0. The van der Waals surface area contributed by atoms with Crippen LogP contribution in [0, 0.1) is 6.92 Å². The van der Waals surface area contributed by atoms with E-state index in [4.69, 9.17) is 0 Å². The third kappa shape index (κ3) is 4.14. The second-order valence-corrected chi connectivity index (χ2v) is 7.54. The molecule has 148 valence electrons. The van der Waals surface area contributed by atoms with Gasteiger partial charge in [0.15, 0.2) is 5.78 Å². The van der Waals surface area contributed by atoms with E-state index in [9.17, 15) is 9.59 Å². The van der Waals surface area contributed by atoms with Crippen molar-refractivity contribution in [2.75, 3.05) is 0 Å². The van der Waals surface area contributed by atoms with Crippen molar-refractivity contribution >= 4 is 11.7 Å². The molecule has 0 radical (unpaired) electrons. The van der Waals surface area contributed by atoms with Crippen molar-refractivity contribution in [3.05, 3.63) is 88.5 Å². The van der Waals surface area contributed by atoms with E-state index in [1.807, 2.05) is 37.3 Å². The number of aromatic nitrogens is 2. The number of fused-ring (bicyclic) bond motifs is 1. The third-order valence-corrected chi connectivity index (χ3v) is 5.61. The molecule has 0 atom stereocenters. The lowest BCUT2D eigenvalue weighted by molar-refractivity contribution is -0.120. The summed E-state index contributed by atoms with van der Waals surface area (Å²) in [6.45, 7) is 3.21. The first-order chi connectivity index (χ1) is 14.1. The van der Waals surface area contributed by atoms with Crippen molar-refractivity contribution < 1.29 is 9.59 Å². The van der Waals surface area contributed by atoms with Crippen LogP contribution in [0.4, 0.5) is 0 Å². The highest BCUT2D eigenvalue weighted by molar-refractivity contribution is 6.01. The van der Waals surface area contributed by atoms with Crippen LogP contribution in [-0.2, 0) is 30.7 Å². The number of nitrogens with one attached hydrogen (secondary N) is 1. The van der Waals surface area contributed by atoms with Crippen LogP contribution >= 0.6 is 0 Å². The van der Waals surface area contributed by atoms with E-state index in [-0.39, 0.29) is 18.1 Å². The molecule has 2 aromatic heterocycles. The van der Waals surface area contributed by atoms with Crippen LogP contribution < -0.4 is 5.32 Å². The Morgan fingerprint density at radius 2 is 1.83 bits per heavy atom. The van der Waals surface area contributed by atoms with E-state index in [0.29, 0.717) is 13.0 Å². The zero-order chi connectivity index (χ0) is 20.2. The SMILES string of the molecule is Cc1c(CC(=O)NCc2ccncc2)c2c(n1Cc1ccccc1)CCCC2=O. The van der Waals surface area contributed by atoms with Gasteiger partial charge in [0.05, 0.1) is 6.42 Å². The van der Waals surface area contributed by atoms with Gasteiger partial charge in [-0.2, -0.15) is 0 Å². The van der Waals surface area contributed by atoms with Crippen LogP contribution in [0.15, 0.2) is 54.9 Å². The van der Waals surface area contributed by atoms with E-state index in [0.717, 1.165) is 47.5 Å². The Morgan fingerprint density at radius 1 is 1.07 bits per heavy atom. The highest BCUT2D eigenvalue weighted by Crippen LogP contribution is 2.31. The van der Waals surface area contributed by atoms with Crippen molar-refractivity contribution in [2.24, 2.45) is 0 Å². The molecule has 0 bridgehead atoms. The number of amides is 1. The number of pyridine rings is 1. The highest BCUT2D eigenvalue weighted by Gasteiger charge is 2.28. The van der Waals surface area contributed by atoms with E-state index in [1.54, 1.807) is 12.4 Å². The summed E-state index contributed by atoms with van der Waals surface area (Å²) in [6, 6.07) is 14.0. The second-order valence-electron chi connectivity index (χ2n) is 7.54. The molecule has 1 aromatic carbocycles. The summed E-state index contributed by atoms with van der Waals surface area (Å²) in [6.07, 6.45) is 5.97. The zero-order valence-corrected chi connectivity index (χ0v) is 16.6. The van der Waals surface area contributed by atoms with Gasteiger partial charge < -0.3 is 9.88 Å². The van der Waals surface area contributed by atoms with Crippen LogP contribution in [-0.4, -0.2) is 21.2 Å². The van der Waals surface area contributed by atoms with Crippen molar-refractivity contribution in [1.29, 1.82) is 0 Å². The van der Waals surface area contributed by atoms with Gasteiger partial charge in [0, 0.05) is 48.9 Å². The van der Waals surface area contributed by atoms with Gasteiger partial charge in [-0.1, -0.05) is 30.3 Å². The predicted molar refractivity (Wildman–Crippen MR) is 112 cm³/mol. The first kappa shape index (κ1) is 19.1. The summed E-state index contributed by atoms with van der Waals surface area (Å²) in [5, 5.41) is 2.97. The van der Waals surface area contributed by atoms with Gasteiger partial charge in [0.25, 0.3) is 0 Å². The lowest BCUT2D eigenvalue weighted by Crippen LogP contribution is -2.25. The van der Waals surface area contributed by atoms with Gasteiger partial charge in [-0.25, -0.2) is 0 Å². The van der Waals surface area contributed by atoms with Crippen molar-refractivity contribution in [3.8, 4) is 0 Å². The molecule has 0 aliphatic heterocycles. The average Bonchev–Trinajstić information content (AvgIpc) is 3.01. The number of benzene rings is 1. The van der Waals surface area contributed by atoms with Crippen LogP contribution in [0.3, 0.4) is 0 Å². The lowest BCUT2D eigenvalue weighted by Gasteiger charge is -2.16. The number of Topliss-reactive ketones (excluding diaryl/α,β-unsaturated/α-hetero) is 1. The standard InChI is InChI=1S/C24H25N3O2/c1-17-20(14-23(29)26-15-18-10-12-25-13-11-18)24-21(8-5-9-22(24)28)27(17)16-19-6-3-2-4-7-19/h2-4,6-7,10-13H,5,8-9,14-16H2,1H3,(H,26,29). The van der Waals surface area contributed by atoms with E-state index in [1.165, 1.54) is 5.56 Å². The summed E-state index contributed by atoms with van der Waals surface area (Å²) in [5.41, 5.74) is 5.97. The van der Waals surface area contributed by atoms with Crippen LogP contribution in [0.1, 0.15) is 51.3 Å². The zero-order valence-electron chi connectivity index (χ0n) is 16.6. The minimum absolute atomic E-state index is 0.0667. The molecule has 5 nitrogen and oxygen atoms in total. The Hall–Kier alpha value is -3.21. The van der Waals surface area contributed by atoms with Crippen molar-refractivity contribution in [2.45, 2.75) is 45.7 Å². The van der Waals surface area contributed by atoms with Crippen molar-refractivity contribution in [1.82, 2.24) is 14.9 Å². The largest absolute Gasteiger partial charge is 0.352 e. The minimum atomic E-state index is -0.0667. The monoisotopic (exact) mass is 387 g/mol. The number of rotatable bonds is 6. The first-order valence-electron chi connectivity index (χ1n) is 10.1. The van der Waals surface area contributed by atoms with Crippen LogP contribution in [0.25, 0.3) is 0 Å². The molecule has 2 heterocycles. The average molecular weight is 387 g/mol. The van der Waals surface area contributed by atoms with Crippen molar-refractivity contribution in [3.63, 3.8) is 0 Å². The number of carbonyl (C=O) groups excluding carboxylic acids is 2. The second kappa shape index (κ2) is 8.43. The molecule has 5 heteroatoms. The summed E-state index contributed by atoms with van der Waals surface area (Å²) in [4.78, 5) is 29.4. The molecule has 0 fully saturated rings. The fraction of sp³-hybridized carbons (Fsp3) is 0.292. The van der Waals surface area contributed by atoms with E-state index in [2.05, 4.69) is 27.0 Å². The maximum atomic E-state index is 12.7. The maximum absolute atomic E-state index is 12.7. The number of ketones is 1. The first-order valence-corrected chi connectivity index (χ1v) is 10.1. The Labute approximate surface area is 170 Å². The molecular formula is C24H25N3O2. The van der Waals surface area contributed by atoms with Gasteiger partial charge in [-0.05, 0) is 48.6 Å². The quantitative estimate of drug-likeness (QED) is 0.703. The number of hydrogen-bond donors (Lipinski definition) is 1. The molecule has 4 rings (SSSR count). The minimum Gasteiger partial charge on any atom is -0.352 e. The maximum Gasteiger partial charge on any atom is 0.224 e. The van der Waals surface area contributed by atoms with Gasteiger partial charge in [-0.15, -0.1) is 0 Å². The molecule has 1 aliphatic rings. The molecule has 3 aromatic rings. The molecule has 29 heavy (non-hydrogen) atoms. The summed E-state index contributed by atoms with van der Waals surface area (Å²) in [5.74, 6) is 0.0982. The Bertz CT molecular complexity index is 1020. The van der Waals surface area contributed by atoms with Crippen LogP contribution in [0.2, 0.25) is 0 Å². The molecular weight excluding hydrogens is 362 g/mol. The van der Waals surface area contributed by atoms with Gasteiger partial charge in [0.2, 0.25) is 5.91 Å². The Morgan fingerprint density at radius 3 is 2.59 bits per heavy atom.